The summed E-state index contributed by atoms with van der Waals surface area (Å²) in [6, 6.07) is 0.730. The number of hydrogen-bond acceptors (Lipinski definition) is 9. The molecule has 4 N–H and O–H groups in total. The highest BCUT2D eigenvalue weighted by molar-refractivity contribution is 7.13. The van der Waals surface area contributed by atoms with Crippen molar-refractivity contribution in [3.8, 4) is 0 Å². The third-order valence-electron chi connectivity index (χ3n) is 5.27. The summed E-state index contributed by atoms with van der Waals surface area (Å²) in [5.74, 6) is 1.32. The molecular weight excluding hydrogens is 374 g/mol. The first-order valence-corrected chi connectivity index (χ1v) is 10.7. The van der Waals surface area contributed by atoms with Gasteiger partial charge in [0.25, 0.3) is 0 Å². The van der Waals surface area contributed by atoms with E-state index in [1.165, 1.54) is 49.9 Å². The molecule has 1 unspecified atom stereocenters. The predicted molar refractivity (Wildman–Crippen MR) is 113 cm³/mol. The minimum absolute atomic E-state index is 0.285. The largest absolute Gasteiger partial charge is 0.384 e. The molecule has 1 aliphatic heterocycles. The number of aryl methyl sites for hydroxylation is 1. The molecule has 2 aliphatic rings. The Labute approximate surface area is 168 Å². The number of rotatable bonds is 7. The van der Waals surface area contributed by atoms with E-state index in [9.17, 15) is 0 Å². The van der Waals surface area contributed by atoms with Crippen LogP contribution in [0.3, 0.4) is 0 Å². The van der Waals surface area contributed by atoms with Gasteiger partial charge in [0.2, 0.25) is 5.95 Å². The summed E-state index contributed by atoms with van der Waals surface area (Å²) < 4.78 is 9.84. The van der Waals surface area contributed by atoms with Crippen molar-refractivity contribution in [2.75, 3.05) is 23.8 Å². The van der Waals surface area contributed by atoms with E-state index >= 15 is 0 Å². The predicted octanol–water partition coefficient (Wildman–Crippen LogP) is 3.42. The van der Waals surface area contributed by atoms with E-state index in [1.807, 2.05) is 6.92 Å². The highest BCUT2D eigenvalue weighted by atomic mass is 32.1. The smallest absolute Gasteiger partial charge is 0.230 e. The van der Waals surface area contributed by atoms with Crippen LogP contribution in [-0.4, -0.2) is 45.9 Å². The molecule has 1 saturated heterocycles. The van der Waals surface area contributed by atoms with Crippen LogP contribution < -0.4 is 16.0 Å². The van der Waals surface area contributed by atoms with E-state index < -0.39 is 0 Å². The van der Waals surface area contributed by atoms with E-state index in [1.54, 1.807) is 6.20 Å². The maximum absolute atomic E-state index is 7.70. The lowest BCUT2D eigenvalue weighted by Crippen LogP contribution is -2.25. The van der Waals surface area contributed by atoms with Crippen molar-refractivity contribution in [2.45, 2.75) is 57.5 Å². The van der Waals surface area contributed by atoms with Crippen LogP contribution in [0.25, 0.3) is 10.2 Å². The number of hydrogen-bond donors (Lipinski definition) is 4. The number of fused-ring (bicyclic) bond motifs is 1. The summed E-state index contributed by atoms with van der Waals surface area (Å²) in [6.07, 6.45) is 10.2. The first-order valence-electron chi connectivity index (χ1n) is 9.95. The summed E-state index contributed by atoms with van der Waals surface area (Å²) in [7, 11) is 0. The minimum atomic E-state index is 0.285. The fourth-order valence-corrected chi connectivity index (χ4v) is 4.48. The van der Waals surface area contributed by atoms with Gasteiger partial charge < -0.3 is 26.1 Å². The van der Waals surface area contributed by atoms with Crippen LogP contribution in [0, 0.1) is 12.3 Å². The van der Waals surface area contributed by atoms with Gasteiger partial charge in [-0.3, -0.25) is 0 Å². The molecule has 0 bridgehead atoms. The van der Waals surface area contributed by atoms with Gasteiger partial charge in [0, 0.05) is 25.1 Å². The number of nitrogens with one attached hydrogen (secondary N) is 4. The van der Waals surface area contributed by atoms with Gasteiger partial charge in [0.1, 0.15) is 5.82 Å². The highest BCUT2D eigenvalue weighted by Crippen LogP contribution is 2.30. The van der Waals surface area contributed by atoms with Crippen LogP contribution in [0.15, 0.2) is 11.9 Å². The number of anilines is 2. The van der Waals surface area contributed by atoms with Crippen molar-refractivity contribution >= 4 is 39.7 Å². The van der Waals surface area contributed by atoms with Gasteiger partial charge in [0.05, 0.1) is 29.4 Å². The molecule has 8 nitrogen and oxygen atoms in total. The SMILES string of the molecule is Cc1nsc2nc(N/C(C=N)=C/NC3CCOC3)nc(NC3CCCCC3)c12. The Morgan fingerprint density at radius 2 is 2.04 bits per heavy atom. The molecule has 150 valence electrons. The van der Waals surface area contributed by atoms with Crippen molar-refractivity contribution in [3.05, 3.63) is 17.6 Å². The fourth-order valence-electron chi connectivity index (χ4n) is 3.71. The zero-order valence-electron chi connectivity index (χ0n) is 16.1. The van der Waals surface area contributed by atoms with E-state index in [0.717, 1.165) is 34.8 Å². The van der Waals surface area contributed by atoms with Crippen LogP contribution in [-0.2, 0) is 4.74 Å². The summed E-state index contributed by atoms with van der Waals surface area (Å²) in [5, 5.41) is 18.8. The second-order valence-corrected chi connectivity index (χ2v) is 8.17. The molecule has 2 fully saturated rings. The van der Waals surface area contributed by atoms with E-state index in [-0.39, 0.29) is 6.04 Å². The highest BCUT2D eigenvalue weighted by Gasteiger charge is 2.19. The molecule has 0 aromatic carbocycles. The van der Waals surface area contributed by atoms with Crippen LogP contribution in [0.1, 0.15) is 44.2 Å². The van der Waals surface area contributed by atoms with Crippen LogP contribution in [0.5, 0.6) is 0 Å². The van der Waals surface area contributed by atoms with Gasteiger partial charge in [-0.2, -0.15) is 14.3 Å². The molecule has 1 aliphatic carbocycles. The van der Waals surface area contributed by atoms with Crippen molar-refractivity contribution in [1.82, 2.24) is 19.7 Å². The number of allylic oxidation sites excluding steroid dienone is 1. The first-order chi connectivity index (χ1) is 13.7. The van der Waals surface area contributed by atoms with Gasteiger partial charge in [-0.25, -0.2) is 0 Å². The minimum Gasteiger partial charge on any atom is -0.384 e. The maximum Gasteiger partial charge on any atom is 0.230 e. The standard InChI is InChI=1S/C19H27N7OS/c1-12-16-17(22-13-5-3-2-4-6-13)24-19(25-18(16)28-26-12)23-15(9-20)10-21-14-7-8-27-11-14/h9-10,13-14,20-21H,2-8,11H2,1H3,(H2,22,23,24,25)/b15-10+,20-9?. The Balaban J connectivity index is 1.55. The van der Waals surface area contributed by atoms with Crippen LogP contribution >= 0.6 is 11.5 Å². The molecule has 9 heteroatoms. The topological polar surface area (TPSA) is 108 Å². The molecule has 1 saturated carbocycles. The molecule has 2 aromatic rings. The summed E-state index contributed by atoms with van der Waals surface area (Å²) in [6.45, 7) is 3.47. The average Bonchev–Trinajstić information content (AvgIpc) is 3.36. The van der Waals surface area contributed by atoms with E-state index in [4.69, 9.17) is 15.1 Å². The van der Waals surface area contributed by atoms with Gasteiger partial charge >= 0.3 is 0 Å². The molecule has 4 rings (SSSR count). The fraction of sp³-hybridized carbons (Fsp3) is 0.579. The van der Waals surface area contributed by atoms with Crippen LogP contribution in [0.2, 0.25) is 0 Å². The Morgan fingerprint density at radius 1 is 1.18 bits per heavy atom. The summed E-state index contributed by atoms with van der Waals surface area (Å²) in [5.41, 5.74) is 1.56. The van der Waals surface area contributed by atoms with Gasteiger partial charge in [-0.05, 0) is 37.7 Å². The van der Waals surface area contributed by atoms with Crippen molar-refractivity contribution in [2.24, 2.45) is 0 Å². The third kappa shape index (κ3) is 4.41. The second-order valence-electron chi connectivity index (χ2n) is 7.42. The number of nitrogens with zero attached hydrogens (tertiary/aromatic N) is 3. The first kappa shape index (κ1) is 19.1. The summed E-state index contributed by atoms with van der Waals surface area (Å²) >= 11 is 1.38. The van der Waals surface area contributed by atoms with E-state index in [2.05, 4.69) is 25.3 Å². The van der Waals surface area contributed by atoms with E-state index in [0.29, 0.717) is 24.3 Å². The van der Waals surface area contributed by atoms with Gasteiger partial charge in [-0.15, -0.1) is 0 Å². The molecule has 0 spiro atoms. The Kier molecular flexibility index (Phi) is 6.01. The Hall–Kier alpha value is -2.26. The van der Waals surface area contributed by atoms with Crippen molar-refractivity contribution in [3.63, 3.8) is 0 Å². The molecule has 2 aromatic heterocycles. The summed E-state index contributed by atoms with van der Waals surface area (Å²) in [4.78, 5) is 10.2. The lowest BCUT2D eigenvalue weighted by Gasteiger charge is -2.23. The Bertz CT molecular complexity index is 853. The normalized spacial score (nSPS) is 21.0. The molecule has 1 atom stereocenters. The molecular formula is C19H27N7OS. The maximum atomic E-state index is 7.70. The molecule has 0 radical (unpaired) electrons. The zero-order chi connectivity index (χ0) is 19.3. The monoisotopic (exact) mass is 401 g/mol. The Morgan fingerprint density at radius 3 is 2.79 bits per heavy atom. The van der Waals surface area contributed by atoms with Gasteiger partial charge in [-0.1, -0.05) is 19.3 Å². The van der Waals surface area contributed by atoms with Crippen molar-refractivity contribution < 1.29 is 4.74 Å². The van der Waals surface area contributed by atoms with Gasteiger partial charge in [0.15, 0.2) is 4.83 Å². The van der Waals surface area contributed by atoms with Crippen LogP contribution in [0.4, 0.5) is 11.8 Å². The molecule has 28 heavy (non-hydrogen) atoms. The quantitative estimate of drug-likeness (QED) is 0.527. The number of aromatic nitrogens is 3. The second kappa shape index (κ2) is 8.83. The lowest BCUT2D eigenvalue weighted by atomic mass is 9.95. The molecule has 3 heterocycles. The number of ether oxygens (including phenoxy) is 1. The third-order valence-corrected chi connectivity index (χ3v) is 6.10. The average molecular weight is 402 g/mol. The zero-order valence-corrected chi connectivity index (χ0v) is 16.9. The molecule has 0 amide bonds. The lowest BCUT2D eigenvalue weighted by molar-refractivity contribution is 0.191. The van der Waals surface area contributed by atoms with Crippen molar-refractivity contribution in [1.29, 1.82) is 5.41 Å².